The van der Waals surface area contributed by atoms with Crippen molar-refractivity contribution in [2.45, 2.75) is 24.3 Å². The highest BCUT2D eigenvalue weighted by molar-refractivity contribution is 7.90. The molecule has 2 heterocycles. The van der Waals surface area contributed by atoms with Crippen molar-refractivity contribution in [3.8, 4) is 0 Å². The number of hydrogen-bond acceptors (Lipinski definition) is 3. The van der Waals surface area contributed by atoms with Gasteiger partial charge in [-0.05, 0) is 42.3 Å². The highest BCUT2D eigenvalue weighted by Crippen LogP contribution is 2.24. The topological polar surface area (TPSA) is 48.3 Å². The summed E-state index contributed by atoms with van der Waals surface area (Å²) in [5, 5.41) is 1.09. The molecule has 108 valence electrons. The van der Waals surface area contributed by atoms with E-state index in [1.807, 2.05) is 18.3 Å². The maximum absolute atomic E-state index is 11.7. The van der Waals surface area contributed by atoms with Gasteiger partial charge in [0.1, 0.15) is 0 Å². The van der Waals surface area contributed by atoms with E-state index in [-0.39, 0.29) is 0 Å². The Bertz CT molecular complexity index is 712. The average molecular weight is 293 g/mol. The smallest absolute Gasteiger partial charge is 0.175 e. The van der Waals surface area contributed by atoms with Crippen LogP contribution in [0.2, 0.25) is 0 Å². The van der Waals surface area contributed by atoms with Crippen molar-refractivity contribution in [2.75, 3.05) is 19.5 Å². The third-order valence-corrected chi connectivity index (χ3v) is 5.08. The van der Waals surface area contributed by atoms with Crippen molar-refractivity contribution in [3.05, 3.63) is 30.5 Å². The van der Waals surface area contributed by atoms with Crippen molar-refractivity contribution in [1.82, 2.24) is 4.57 Å². The molecule has 1 aromatic heterocycles. The number of fused-ring (bicyclic) bond motifs is 1. The van der Waals surface area contributed by atoms with Crippen LogP contribution in [0.5, 0.6) is 0 Å². The van der Waals surface area contributed by atoms with E-state index in [4.69, 9.17) is 4.74 Å². The molecule has 0 N–H and O–H groups in total. The van der Waals surface area contributed by atoms with E-state index in [9.17, 15) is 8.42 Å². The normalized spacial score (nSPS) is 17.6. The zero-order valence-corrected chi connectivity index (χ0v) is 12.4. The third-order valence-electron chi connectivity index (χ3n) is 3.97. The van der Waals surface area contributed by atoms with Crippen molar-refractivity contribution in [2.24, 2.45) is 5.92 Å². The highest BCUT2D eigenvalue weighted by atomic mass is 32.2. The lowest BCUT2D eigenvalue weighted by Crippen LogP contribution is -2.20. The minimum atomic E-state index is -3.16. The fourth-order valence-corrected chi connectivity index (χ4v) is 3.40. The Morgan fingerprint density at radius 1 is 1.25 bits per heavy atom. The minimum Gasteiger partial charge on any atom is -0.381 e. The van der Waals surface area contributed by atoms with E-state index in [0.717, 1.165) is 43.5 Å². The van der Waals surface area contributed by atoms with Crippen molar-refractivity contribution in [3.63, 3.8) is 0 Å². The second-order valence-corrected chi connectivity index (χ2v) is 7.53. The summed E-state index contributed by atoms with van der Waals surface area (Å²) in [6, 6.07) is 7.38. The largest absolute Gasteiger partial charge is 0.381 e. The van der Waals surface area contributed by atoms with Crippen LogP contribution < -0.4 is 0 Å². The lowest BCUT2D eigenvalue weighted by molar-refractivity contribution is 0.0616. The predicted octanol–water partition coefficient (Wildman–Crippen LogP) is 2.47. The van der Waals surface area contributed by atoms with Crippen LogP contribution in [-0.4, -0.2) is 32.5 Å². The molecule has 20 heavy (non-hydrogen) atoms. The van der Waals surface area contributed by atoms with Gasteiger partial charge in [-0.2, -0.15) is 0 Å². The first kappa shape index (κ1) is 13.6. The Morgan fingerprint density at radius 3 is 2.70 bits per heavy atom. The van der Waals surface area contributed by atoms with Gasteiger partial charge in [0.2, 0.25) is 0 Å². The van der Waals surface area contributed by atoms with E-state index < -0.39 is 9.84 Å². The van der Waals surface area contributed by atoms with Gasteiger partial charge in [-0.25, -0.2) is 8.42 Å². The molecule has 0 atom stereocenters. The number of nitrogens with zero attached hydrogens (tertiary/aromatic N) is 1. The van der Waals surface area contributed by atoms with Gasteiger partial charge in [0.05, 0.1) is 4.90 Å². The van der Waals surface area contributed by atoms with E-state index in [2.05, 4.69) is 4.57 Å². The second kappa shape index (κ2) is 5.22. The van der Waals surface area contributed by atoms with E-state index in [1.165, 1.54) is 6.26 Å². The van der Waals surface area contributed by atoms with E-state index in [1.54, 1.807) is 12.1 Å². The highest BCUT2D eigenvalue weighted by Gasteiger charge is 2.16. The van der Waals surface area contributed by atoms with Crippen molar-refractivity contribution >= 4 is 20.7 Å². The molecule has 0 bridgehead atoms. The molecule has 1 fully saturated rings. The van der Waals surface area contributed by atoms with Crippen LogP contribution >= 0.6 is 0 Å². The summed E-state index contributed by atoms with van der Waals surface area (Å²) in [5.41, 5.74) is 0.999. The van der Waals surface area contributed by atoms with Gasteiger partial charge in [-0.3, -0.25) is 0 Å². The summed E-state index contributed by atoms with van der Waals surface area (Å²) in [6.07, 6.45) is 5.45. The second-order valence-electron chi connectivity index (χ2n) is 5.52. The first-order chi connectivity index (χ1) is 9.54. The molecule has 0 saturated carbocycles. The zero-order chi connectivity index (χ0) is 14.2. The van der Waals surface area contributed by atoms with Crippen LogP contribution in [0.4, 0.5) is 0 Å². The lowest BCUT2D eigenvalue weighted by atomic mass is 10.0. The summed E-state index contributed by atoms with van der Waals surface area (Å²) in [4.78, 5) is 0.386. The fraction of sp³-hybridized carbons (Fsp3) is 0.467. The monoisotopic (exact) mass is 293 g/mol. The van der Waals surface area contributed by atoms with Crippen LogP contribution in [0.3, 0.4) is 0 Å². The molecule has 3 rings (SSSR count). The molecule has 4 nitrogen and oxygen atoms in total. The quantitative estimate of drug-likeness (QED) is 0.873. The van der Waals surface area contributed by atoms with Crippen molar-refractivity contribution < 1.29 is 13.2 Å². The Balaban J connectivity index is 1.94. The molecule has 0 radical (unpaired) electrons. The van der Waals surface area contributed by atoms with Crippen LogP contribution in [0.1, 0.15) is 12.8 Å². The number of hydrogen-bond donors (Lipinski definition) is 0. The molecule has 0 amide bonds. The number of rotatable bonds is 3. The first-order valence-corrected chi connectivity index (χ1v) is 8.80. The van der Waals surface area contributed by atoms with Crippen LogP contribution in [0.15, 0.2) is 35.4 Å². The van der Waals surface area contributed by atoms with Gasteiger partial charge >= 0.3 is 0 Å². The van der Waals surface area contributed by atoms with Crippen LogP contribution in [0, 0.1) is 5.92 Å². The Kier molecular flexibility index (Phi) is 3.56. The summed E-state index contributed by atoms with van der Waals surface area (Å²) in [5.74, 6) is 0.612. The Labute approximate surface area is 119 Å². The number of sulfone groups is 1. The number of benzene rings is 1. The molecule has 0 unspecified atom stereocenters. The maximum atomic E-state index is 11.7. The standard InChI is InChI=1S/C15H19NO3S/c1-20(17,18)14-3-2-13-4-7-16(15(13)10-14)11-12-5-8-19-9-6-12/h2-4,7,10,12H,5-6,8-9,11H2,1H3. The number of aromatic nitrogens is 1. The molecular weight excluding hydrogens is 274 g/mol. The summed E-state index contributed by atoms with van der Waals surface area (Å²) in [6.45, 7) is 2.59. The molecule has 1 saturated heterocycles. The maximum Gasteiger partial charge on any atom is 0.175 e. The Hall–Kier alpha value is -1.33. The van der Waals surface area contributed by atoms with E-state index in [0.29, 0.717) is 10.8 Å². The molecule has 1 aliphatic rings. The van der Waals surface area contributed by atoms with Crippen LogP contribution in [0.25, 0.3) is 10.9 Å². The SMILES string of the molecule is CS(=O)(=O)c1ccc2ccn(CC3CCOCC3)c2c1. The van der Waals surface area contributed by atoms with Gasteiger partial charge in [-0.1, -0.05) is 6.07 Å². The molecule has 0 spiro atoms. The fourth-order valence-electron chi connectivity index (χ4n) is 2.76. The Morgan fingerprint density at radius 2 is 2.00 bits per heavy atom. The molecule has 0 aliphatic carbocycles. The van der Waals surface area contributed by atoms with Crippen LogP contribution in [-0.2, 0) is 21.1 Å². The van der Waals surface area contributed by atoms with E-state index >= 15 is 0 Å². The predicted molar refractivity (Wildman–Crippen MR) is 78.6 cm³/mol. The van der Waals surface area contributed by atoms with Gasteiger partial charge in [0.25, 0.3) is 0 Å². The molecule has 2 aromatic rings. The van der Waals surface area contributed by atoms with Gasteiger partial charge in [-0.15, -0.1) is 0 Å². The summed E-state index contributed by atoms with van der Waals surface area (Å²) >= 11 is 0. The minimum absolute atomic E-state index is 0.386. The first-order valence-electron chi connectivity index (χ1n) is 6.91. The zero-order valence-electron chi connectivity index (χ0n) is 11.6. The molecule has 5 heteroatoms. The number of ether oxygens (including phenoxy) is 1. The van der Waals surface area contributed by atoms with Gasteiger partial charge < -0.3 is 9.30 Å². The van der Waals surface area contributed by atoms with Gasteiger partial charge in [0.15, 0.2) is 9.84 Å². The van der Waals surface area contributed by atoms with Gasteiger partial charge in [0, 0.05) is 37.7 Å². The lowest BCUT2D eigenvalue weighted by Gasteiger charge is -2.22. The molecule has 1 aliphatic heterocycles. The molecular formula is C15H19NO3S. The third kappa shape index (κ3) is 2.74. The average Bonchev–Trinajstić information content (AvgIpc) is 2.82. The summed E-state index contributed by atoms with van der Waals surface area (Å²) in [7, 11) is -3.16. The van der Waals surface area contributed by atoms with Crippen molar-refractivity contribution in [1.29, 1.82) is 0 Å². The summed E-state index contributed by atoms with van der Waals surface area (Å²) < 4.78 is 30.9. The molecule has 1 aromatic carbocycles.